The van der Waals surface area contributed by atoms with Gasteiger partial charge in [0.2, 0.25) is 0 Å². The van der Waals surface area contributed by atoms with Crippen molar-refractivity contribution in [3.05, 3.63) is 29.3 Å². The average molecular weight is 204 g/mol. The van der Waals surface area contributed by atoms with E-state index >= 15 is 0 Å². The van der Waals surface area contributed by atoms with Gasteiger partial charge in [-0.3, -0.25) is 0 Å². The third kappa shape index (κ3) is 3.26. The van der Waals surface area contributed by atoms with Crippen molar-refractivity contribution in [1.29, 1.82) is 5.26 Å². The maximum Gasteiger partial charge on any atom is 0.101 e. The first-order chi connectivity index (χ1) is 7.17. The van der Waals surface area contributed by atoms with Crippen LogP contribution in [0.3, 0.4) is 0 Å². The van der Waals surface area contributed by atoms with Crippen LogP contribution in [0.5, 0.6) is 0 Å². The minimum atomic E-state index is -0.363. The highest BCUT2D eigenvalue weighted by Gasteiger charge is 2.04. The van der Waals surface area contributed by atoms with E-state index in [1.165, 1.54) is 0 Å². The smallest absolute Gasteiger partial charge is 0.101 e. The fourth-order valence-electron chi connectivity index (χ4n) is 1.28. The van der Waals surface area contributed by atoms with Crippen LogP contribution in [0.1, 0.15) is 24.5 Å². The number of aryl methyl sites for hydroxylation is 1. The Balaban J connectivity index is 2.73. The fourth-order valence-corrected chi connectivity index (χ4v) is 1.28. The van der Waals surface area contributed by atoms with Crippen LogP contribution in [0.25, 0.3) is 0 Å². The van der Waals surface area contributed by atoms with E-state index in [4.69, 9.17) is 5.26 Å². The number of rotatable bonds is 4. The molecule has 1 aromatic carbocycles. The van der Waals surface area contributed by atoms with Crippen LogP contribution in [-0.2, 0) is 0 Å². The Morgan fingerprint density at radius 2 is 2.27 bits per heavy atom. The molecule has 2 N–H and O–H groups in total. The third-order valence-electron chi connectivity index (χ3n) is 2.29. The van der Waals surface area contributed by atoms with Gasteiger partial charge in [-0.05, 0) is 31.0 Å². The van der Waals surface area contributed by atoms with Crippen LogP contribution >= 0.6 is 0 Å². The minimum absolute atomic E-state index is 0.363. The van der Waals surface area contributed by atoms with Gasteiger partial charge in [0.25, 0.3) is 0 Å². The maximum atomic E-state index is 9.39. The van der Waals surface area contributed by atoms with Gasteiger partial charge < -0.3 is 10.4 Å². The van der Waals surface area contributed by atoms with Crippen LogP contribution < -0.4 is 5.32 Å². The molecule has 15 heavy (non-hydrogen) atoms. The Kier molecular flexibility index (Phi) is 4.14. The summed E-state index contributed by atoms with van der Waals surface area (Å²) in [6.07, 6.45) is 0.346. The molecule has 0 bridgehead atoms. The molecule has 0 radical (unpaired) electrons. The number of aliphatic hydroxyl groups is 1. The molecule has 0 aliphatic heterocycles. The van der Waals surface area contributed by atoms with Gasteiger partial charge in [0.15, 0.2) is 0 Å². The number of benzene rings is 1. The Morgan fingerprint density at radius 1 is 1.53 bits per heavy atom. The molecule has 1 rings (SSSR count). The monoisotopic (exact) mass is 204 g/mol. The summed E-state index contributed by atoms with van der Waals surface area (Å²) in [7, 11) is 0. The lowest BCUT2D eigenvalue weighted by atomic mass is 10.1. The molecule has 0 fully saturated rings. The van der Waals surface area contributed by atoms with E-state index in [1.54, 1.807) is 0 Å². The molecule has 1 aromatic rings. The Bertz CT molecular complexity index is 368. The maximum absolute atomic E-state index is 9.39. The molecule has 0 aliphatic carbocycles. The summed E-state index contributed by atoms with van der Waals surface area (Å²) in [5.41, 5.74) is 2.47. The zero-order chi connectivity index (χ0) is 11.3. The number of nitrogens with one attached hydrogen (secondary N) is 1. The summed E-state index contributed by atoms with van der Waals surface area (Å²) in [5, 5.41) is 21.4. The van der Waals surface area contributed by atoms with Crippen molar-refractivity contribution in [2.45, 2.75) is 26.4 Å². The van der Waals surface area contributed by atoms with E-state index in [-0.39, 0.29) is 6.10 Å². The van der Waals surface area contributed by atoms with Crippen LogP contribution in [0.4, 0.5) is 5.69 Å². The predicted octanol–water partition coefficient (Wildman–Crippen LogP) is 2.05. The number of aliphatic hydroxyl groups excluding tert-OH is 1. The molecule has 0 spiro atoms. The molecular formula is C12H16N2O. The highest BCUT2D eigenvalue weighted by atomic mass is 16.3. The highest BCUT2D eigenvalue weighted by molar-refractivity contribution is 5.58. The van der Waals surface area contributed by atoms with Crippen molar-refractivity contribution in [1.82, 2.24) is 0 Å². The van der Waals surface area contributed by atoms with Gasteiger partial charge in [0.05, 0.1) is 17.4 Å². The Hall–Kier alpha value is -1.53. The van der Waals surface area contributed by atoms with Gasteiger partial charge in [0.1, 0.15) is 6.07 Å². The second-order valence-electron chi connectivity index (χ2n) is 3.60. The molecule has 0 saturated heterocycles. The first-order valence-corrected chi connectivity index (χ1v) is 5.10. The van der Waals surface area contributed by atoms with Crippen molar-refractivity contribution >= 4 is 5.69 Å². The van der Waals surface area contributed by atoms with Crippen molar-refractivity contribution in [2.75, 3.05) is 11.9 Å². The first-order valence-electron chi connectivity index (χ1n) is 5.10. The van der Waals surface area contributed by atoms with E-state index in [1.807, 2.05) is 32.0 Å². The third-order valence-corrected chi connectivity index (χ3v) is 2.29. The molecule has 0 heterocycles. The quantitative estimate of drug-likeness (QED) is 0.789. The molecule has 0 amide bonds. The summed E-state index contributed by atoms with van der Waals surface area (Å²) >= 11 is 0. The van der Waals surface area contributed by atoms with Crippen LogP contribution in [0.2, 0.25) is 0 Å². The van der Waals surface area contributed by atoms with Crippen molar-refractivity contribution < 1.29 is 5.11 Å². The summed E-state index contributed by atoms with van der Waals surface area (Å²) in [4.78, 5) is 0. The SMILES string of the molecule is CCC(O)CNc1ccc(C)cc1C#N. The molecular weight excluding hydrogens is 188 g/mol. The molecule has 3 heteroatoms. The van der Waals surface area contributed by atoms with Gasteiger partial charge in [0, 0.05) is 6.54 Å². The summed E-state index contributed by atoms with van der Waals surface area (Å²) < 4.78 is 0. The lowest BCUT2D eigenvalue weighted by molar-refractivity contribution is 0.183. The van der Waals surface area contributed by atoms with Gasteiger partial charge in [-0.15, -0.1) is 0 Å². The van der Waals surface area contributed by atoms with Crippen LogP contribution in [0, 0.1) is 18.3 Å². The molecule has 1 unspecified atom stereocenters. The number of anilines is 1. The van der Waals surface area contributed by atoms with Crippen LogP contribution in [0.15, 0.2) is 18.2 Å². The molecule has 0 saturated carbocycles. The molecule has 0 aromatic heterocycles. The summed E-state index contributed by atoms with van der Waals surface area (Å²) in [5.74, 6) is 0. The molecule has 80 valence electrons. The number of nitrogens with zero attached hydrogens (tertiary/aromatic N) is 1. The Labute approximate surface area is 90.4 Å². The van der Waals surface area contributed by atoms with E-state index in [0.29, 0.717) is 18.5 Å². The highest BCUT2D eigenvalue weighted by Crippen LogP contribution is 2.16. The lowest BCUT2D eigenvalue weighted by Crippen LogP contribution is -2.18. The van der Waals surface area contributed by atoms with Gasteiger partial charge in [-0.1, -0.05) is 13.0 Å². The van der Waals surface area contributed by atoms with Crippen molar-refractivity contribution in [2.24, 2.45) is 0 Å². The van der Waals surface area contributed by atoms with E-state index in [0.717, 1.165) is 11.3 Å². The summed E-state index contributed by atoms with van der Waals surface area (Å²) in [6, 6.07) is 7.79. The lowest BCUT2D eigenvalue weighted by Gasteiger charge is -2.12. The molecule has 1 atom stereocenters. The van der Waals surface area contributed by atoms with Gasteiger partial charge in [-0.25, -0.2) is 0 Å². The van der Waals surface area contributed by atoms with E-state index in [2.05, 4.69) is 11.4 Å². The standard InChI is InChI=1S/C12H16N2O/c1-3-11(15)8-14-12-5-4-9(2)6-10(12)7-13/h4-6,11,14-15H,3,8H2,1-2H3. The number of hydrogen-bond donors (Lipinski definition) is 2. The molecule has 0 aliphatic rings. The zero-order valence-corrected chi connectivity index (χ0v) is 9.12. The largest absolute Gasteiger partial charge is 0.391 e. The topological polar surface area (TPSA) is 56.0 Å². The number of hydrogen-bond acceptors (Lipinski definition) is 3. The van der Waals surface area contributed by atoms with Crippen LogP contribution in [-0.4, -0.2) is 17.8 Å². The second kappa shape index (κ2) is 5.38. The molecule has 3 nitrogen and oxygen atoms in total. The Morgan fingerprint density at radius 3 is 2.87 bits per heavy atom. The zero-order valence-electron chi connectivity index (χ0n) is 9.12. The van der Waals surface area contributed by atoms with Crippen molar-refractivity contribution in [3.8, 4) is 6.07 Å². The van der Waals surface area contributed by atoms with Gasteiger partial charge in [-0.2, -0.15) is 5.26 Å². The summed E-state index contributed by atoms with van der Waals surface area (Å²) in [6.45, 7) is 4.35. The average Bonchev–Trinajstić information content (AvgIpc) is 2.26. The second-order valence-corrected chi connectivity index (χ2v) is 3.60. The van der Waals surface area contributed by atoms with Crippen molar-refractivity contribution in [3.63, 3.8) is 0 Å². The fraction of sp³-hybridized carbons (Fsp3) is 0.417. The van der Waals surface area contributed by atoms with Gasteiger partial charge >= 0.3 is 0 Å². The van der Waals surface area contributed by atoms with E-state index < -0.39 is 0 Å². The normalized spacial score (nSPS) is 11.9. The first kappa shape index (κ1) is 11.5. The predicted molar refractivity (Wildman–Crippen MR) is 60.7 cm³/mol. The number of nitriles is 1. The van der Waals surface area contributed by atoms with E-state index in [9.17, 15) is 5.11 Å². The minimum Gasteiger partial charge on any atom is -0.391 e.